The van der Waals surface area contributed by atoms with E-state index in [4.69, 9.17) is 17.3 Å². The molecule has 2 heterocycles. The van der Waals surface area contributed by atoms with E-state index in [9.17, 15) is 0 Å². The molecule has 3 N–H and O–H groups in total. The second-order valence-corrected chi connectivity index (χ2v) is 6.10. The number of benzene rings is 1. The number of hydrogen-bond donors (Lipinski definition) is 2. The summed E-state index contributed by atoms with van der Waals surface area (Å²) < 4.78 is 0. The zero-order valence-corrected chi connectivity index (χ0v) is 13.0. The molecule has 108 valence electrons. The number of nitrogens with one attached hydrogen (secondary N) is 1. The van der Waals surface area contributed by atoms with Crippen molar-refractivity contribution in [2.75, 3.05) is 6.54 Å². The molecule has 0 aliphatic carbocycles. The lowest BCUT2D eigenvalue weighted by atomic mass is 10.2. The van der Waals surface area contributed by atoms with Gasteiger partial charge in [0.1, 0.15) is 0 Å². The number of thiazole rings is 1. The highest BCUT2D eigenvalue weighted by atomic mass is 35.5. The van der Waals surface area contributed by atoms with Gasteiger partial charge in [-0.25, -0.2) is 9.97 Å². The van der Waals surface area contributed by atoms with Crippen LogP contribution in [-0.4, -0.2) is 26.7 Å². The van der Waals surface area contributed by atoms with Crippen molar-refractivity contribution in [1.82, 2.24) is 20.2 Å². The van der Waals surface area contributed by atoms with E-state index in [1.807, 2.05) is 31.2 Å². The molecule has 3 rings (SSSR count). The second-order valence-electron chi connectivity index (χ2n) is 4.58. The van der Waals surface area contributed by atoms with Crippen LogP contribution in [0.15, 0.2) is 24.3 Å². The van der Waals surface area contributed by atoms with E-state index in [1.165, 1.54) is 0 Å². The number of aryl methyl sites for hydroxylation is 1. The number of rotatable bonds is 4. The molecule has 0 saturated heterocycles. The summed E-state index contributed by atoms with van der Waals surface area (Å²) in [5.74, 6) is 1.38. The minimum atomic E-state index is 0.596. The molecule has 0 aliphatic rings. The lowest BCUT2D eigenvalue weighted by Crippen LogP contribution is -2.01. The third-order valence-electron chi connectivity index (χ3n) is 3.00. The van der Waals surface area contributed by atoms with Crippen LogP contribution in [0.5, 0.6) is 0 Å². The molecule has 0 radical (unpaired) electrons. The SMILES string of the molecule is Cc1nc(CCN)sc1-c1nc(-c2ccc(Cl)cc2)n[nH]1. The molecular formula is C14H14ClN5S. The number of aromatic nitrogens is 4. The van der Waals surface area contributed by atoms with E-state index in [2.05, 4.69) is 20.2 Å². The molecular weight excluding hydrogens is 306 g/mol. The van der Waals surface area contributed by atoms with Crippen LogP contribution in [0.4, 0.5) is 0 Å². The van der Waals surface area contributed by atoms with Crippen molar-refractivity contribution in [3.8, 4) is 22.1 Å². The minimum absolute atomic E-state index is 0.596. The van der Waals surface area contributed by atoms with Gasteiger partial charge in [-0.05, 0) is 37.7 Å². The molecule has 0 spiro atoms. The predicted molar refractivity (Wildman–Crippen MR) is 85.4 cm³/mol. The normalized spacial score (nSPS) is 11.0. The van der Waals surface area contributed by atoms with Gasteiger partial charge in [-0.1, -0.05) is 11.6 Å². The van der Waals surface area contributed by atoms with Crippen LogP contribution in [0.25, 0.3) is 22.1 Å². The van der Waals surface area contributed by atoms with Gasteiger partial charge in [0.25, 0.3) is 0 Å². The molecule has 21 heavy (non-hydrogen) atoms. The standard InChI is InChI=1S/C14H14ClN5S/c1-8-12(21-11(17-8)6-7-16)14-18-13(19-20-14)9-2-4-10(15)5-3-9/h2-5H,6-7,16H2,1H3,(H,18,19,20). The van der Waals surface area contributed by atoms with E-state index >= 15 is 0 Å². The zero-order chi connectivity index (χ0) is 14.8. The summed E-state index contributed by atoms with van der Waals surface area (Å²) >= 11 is 7.49. The van der Waals surface area contributed by atoms with Crippen molar-refractivity contribution in [2.45, 2.75) is 13.3 Å². The van der Waals surface area contributed by atoms with Gasteiger partial charge < -0.3 is 5.73 Å². The van der Waals surface area contributed by atoms with Crippen molar-refractivity contribution >= 4 is 22.9 Å². The lowest BCUT2D eigenvalue weighted by Gasteiger charge is -1.94. The highest BCUT2D eigenvalue weighted by molar-refractivity contribution is 7.15. The Balaban J connectivity index is 1.92. The second kappa shape index (κ2) is 5.93. The fourth-order valence-electron chi connectivity index (χ4n) is 1.99. The van der Waals surface area contributed by atoms with Crippen molar-refractivity contribution < 1.29 is 0 Å². The van der Waals surface area contributed by atoms with E-state index in [0.717, 1.165) is 33.4 Å². The Morgan fingerprint density at radius 1 is 1.24 bits per heavy atom. The summed E-state index contributed by atoms with van der Waals surface area (Å²) in [4.78, 5) is 10.1. The average Bonchev–Trinajstić information content (AvgIpc) is 3.07. The number of nitrogens with two attached hydrogens (primary N) is 1. The molecule has 0 fully saturated rings. The Labute approximate surface area is 131 Å². The summed E-state index contributed by atoms with van der Waals surface area (Å²) in [6.45, 7) is 2.56. The molecule has 0 unspecified atom stereocenters. The maximum absolute atomic E-state index is 5.89. The van der Waals surface area contributed by atoms with Crippen molar-refractivity contribution in [3.63, 3.8) is 0 Å². The maximum atomic E-state index is 5.89. The van der Waals surface area contributed by atoms with Crippen LogP contribution in [0, 0.1) is 6.92 Å². The van der Waals surface area contributed by atoms with Crippen LogP contribution in [-0.2, 0) is 6.42 Å². The van der Waals surface area contributed by atoms with Crippen molar-refractivity contribution in [2.24, 2.45) is 5.73 Å². The predicted octanol–water partition coefficient (Wildman–Crippen LogP) is 3.06. The van der Waals surface area contributed by atoms with Gasteiger partial charge in [-0.3, -0.25) is 5.10 Å². The van der Waals surface area contributed by atoms with Gasteiger partial charge in [0.15, 0.2) is 11.6 Å². The molecule has 0 bridgehead atoms. The largest absolute Gasteiger partial charge is 0.330 e. The summed E-state index contributed by atoms with van der Waals surface area (Å²) in [7, 11) is 0. The first-order chi connectivity index (χ1) is 10.2. The van der Waals surface area contributed by atoms with Gasteiger partial charge in [-0.2, -0.15) is 5.10 Å². The number of hydrogen-bond acceptors (Lipinski definition) is 5. The van der Waals surface area contributed by atoms with Crippen LogP contribution in [0.3, 0.4) is 0 Å². The molecule has 2 aromatic heterocycles. The fraction of sp³-hybridized carbons (Fsp3) is 0.214. The highest BCUT2D eigenvalue weighted by Crippen LogP contribution is 2.29. The molecule has 0 atom stereocenters. The number of nitrogens with zero attached hydrogens (tertiary/aromatic N) is 3. The quantitative estimate of drug-likeness (QED) is 0.774. The molecule has 7 heteroatoms. The first-order valence-electron chi connectivity index (χ1n) is 6.52. The van der Waals surface area contributed by atoms with Crippen LogP contribution < -0.4 is 5.73 Å². The third-order valence-corrected chi connectivity index (χ3v) is 4.48. The highest BCUT2D eigenvalue weighted by Gasteiger charge is 2.14. The molecule has 5 nitrogen and oxygen atoms in total. The van der Waals surface area contributed by atoms with E-state index < -0.39 is 0 Å². The van der Waals surface area contributed by atoms with Gasteiger partial charge >= 0.3 is 0 Å². The first-order valence-corrected chi connectivity index (χ1v) is 7.72. The number of H-pyrrole nitrogens is 1. The minimum Gasteiger partial charge on any atom is -0.330 e. The lowest BCUT2D eigenvalue weighted by molar-refractivity contribution is 0.945. The van der Waals surface area contributed by atoms with E-state index in [1.54, 1.807) is 11.3 Å². The molecule has 3 aromatic rings. The number of halogens is 1. The van der Waals surface area contributed by atoms with Gasteiger partial charge in [0.2, 0.25) is 0 Å². The smallest absolute Gasteiger partial charge is 0.181 e. The fourth-order valence-corrected chi connectivity index (χ4v) is 3.14. The Bertz CT molecular complexity index is 747. The summed E-state index contributed by atoms with van der Waals surface area (Å²) in [5.41, 5.74) is 7.44. The molecule has 0 amide bonds. The summed E-state index contributed by atoms with van der Waals surface area (Å²) in [6.07, 6.45) is 0.781. The van der Waals surface area contributed by atoms with Crippen LogP contribution in [0.1, 0.15) is 10.7 Å². The Morgan fingerprint density at radius 2 is 2.00 bits per heavy atom. The summed E-state index contributed by atoms with van der Waals surface area (Å²) in [6, 6.07) is 7.44. The Morgan fingerprint density at radius 3 is 2.71 bits per heavy atom. The molecule has 0 aliphatic heterocycles. The van der Waals surface area contributed by atoms with Gasteiger partial charge in [-0.15, -0.1) is 11.3 Å². The molecule has 0 saturated carbocycles. The van der Waals surface area contributed by atoms with E-state index in [-0.39, 0.29) is 0 Å². The van der Waals surface area contributed by atoms with E-state index in [0.29, 0.717) is 17.4 Å². The van der Waals surface area contributed by atoms with Crippen molar-refractivity contribution in [3.05, 3.63) is 40.0 Å². The monoisotopic (exact) mass is 319 g/mol. The van der Waals surface area contributed by atoms with Crippen LogP contribution in [0.2, 0.25) is 5.02 Å². The average molecular weight is 320 g/mol. The Kier molecular flexibility index (Phi) is 4.01. The number of aromatic amines is 1. The summed E-state index contributed by atoms with van der Waals surface area (Å²) in [5, 5.41) is 8.96. The van der Waals surface area contributed by atoms with Crippen molar-refractivity contribution in [1.29, 1.82) is 0 Å². The third kappa shape index (κ3) is 2.97. The topological polar surface area (TPSA) is 80.5 Å². The Hall–Kier alpha value is -1.76. The maximum Gasteiger partial charge on any atom is 0.181 e. The molecule has 1 aromatic carbocycles. The zero-order valence-electron chi connectivity index (χ0n) is 11.4. The van der Waals surface area contributed by atoms with Gasteiger partial charge in [0, 0.05) is 17.0 Å². The van der Waals surface area contributed by atoms with Crippen LogP contribution >= 0.6 is 22.9 Å². The van der Waals surface area contributed by atoms with Gasteiger partial charge in [0.05, 0.1) is 15.6 Å². The first kappa shape index (κ1) is 14.2.